The number of likely N-dealkylation sites (tertiary alicyclic amines) is 1. The standard InChI is InChI=1S/C22H36N4O2.ClH/c27-20(26-5-2-18-13-23-14-19(18)3-6-26)1-4-24-21(28)25-22-10-15-7-16(11-22)9-17(8-15)12-22;/h15-19,23H,1-14H2,(H2,24,25,28);1H/t15?,16?,17?,18-,19+,22?;. The lowest BCUT2D eigenvalue weighted by molar-refractivity contribution is -0.131. The number of nitrogens with zero attached hydrogens (tertiary/aromatic N) is 1. The maximum atomic E-state index is 12.6. The van der Waals surface area contributed by atoms with E-state index in [0.717, 1.165) is 87.9 Å². The minimum atomic E-state index is -0.0637. The van der Waals surface area contributed by atoms with Crippen LogP contribution in [0.2, 0.25) is 0 Å². The van der Waals surface area contributed by atoms with Crippen molar-refractivity contribution in [2.45, 2.75) is 63.3 Å². The zero-order valence-corrected chi connectivity index (χ0v) is 18.3. The van der Waals surface area contributed by atoms with Gasteiger partial charge in [-0.2, -0.15) is 0 Å². The Morgan fingerprint density at radius 2 is 1.48 bits per heavy atom. The third-order valence-electron chi connectivity index (χ3n) is 8.41. The summed E-state index contributed by atoms with van der Waals surface area (Å²) in [6.07, 6.45) is 10.3. The molecule has 0 aromatic heterocycles. The van der Waals surface area contributed by atoms with Gasteiger partial charge in [-0.3, -0.25) is 4.79 Å². The van der Waals surface area contributed by atoms with Crippen LogP contribution in [0.1, 0.15) is 57.8 Å². The first kappa shape index (κ1) is 21.2. The molecule has 3 N–H and O–H groups in total. The highest BCUT2D eigenvalue weighted by atomic mass is 35.5. The van der Waals surface area contributed by atoms with Crippen LogP contribution in [0.5, 0.6) is 0 Å². The molecular formula is C22H37ClN4O2. The zero-order valence-electron chi connectivity index (χ0n) is 17.5. The number of nitrogens with one attached hydrogen (secondary N) is 3. The summed E-state index contributed by atoms with van der Waals surface area (Å²) in [7, 11) is 0. The van der Waals surface area contributed by atoms with E-state index in [0.29, 0.717) is 13.0 Å². The van der Waals surface area contributed by atoms with Crippen LogP contribution >= 0.6 is 12.4 Å². The fourth-order valence-corrected chi connectivity index (χ4v) is 7.46. The van der Waals surface area contributed by atoms with Crippen molar-refractivity contribution in [2.75, 3.05) is 32.7 Å². The van der Waals surface area contributed by atoms with Gasteiger partial charge in [0.05, 0.1) is 0 Å². The number of halogens is 1. The first-order valence-electron chi connectivity index (χ1n) is 11.6. The first-order chi connectivity index (χ1) is 13.6. The fraction of sp³-hybridized carbons (Fsp3) is 0.909. The van der Waals surface area contributed by atoms with Gasteiger partial charge in [0.25, 0.3) is 0 Å². The van der Waals surface area contributed by atoms with E-state index in [1.807, 2.05) is 4.90 Å². The number of rotatable bonds is 4. The molecule has 2 aliphatic heterocycles. The zero-order chi connectivity index (χ0) is 19.1. The summed E-state index contributed by atoms with van der Waals surface area (Å²) in [4.78, 5) is 27.1. The summed E-state index contributed by atoms with van der Waals surface area (Å²) >= 11 is 0. The van der Waals surface area contributed by atoms with E-state index < -0.39 is 0 Å². The van der Waals surface area contributed by atoms with Crippen LogP contribution in [-0.4, -0.2) is 55.1 Å². The Bertz CT molecular complexity index is 579. The molecule has 0 aromatic carbocycles. The van der Waals surface area contributed by atoms with Gasteiger partial charge >= 0.3 is 6.03 Å². The molecule has 2 atom stereocenters. The smallest absolute Gasteiger partial charge is 0.315 e. The third-order valence-corrected chi connectivity index (χ3v) is 8.41. The van der Waals surface area contributed by atoms with Gasteiger partial charge in [-0.1, -0.05) is 0 Å². The highest BCUT2D eigenvalue weighted by Crippen LogP contribution is 2.55. The van der Waals surface area contributed by atoms with Crippen LogP contribution < -0.4 is 16.0 Å². The quantitative estimate of drug-likeness (QED) is 0.649. The molecule has 0 radical (unpaired) electrons. The Hall–Kier alpha value is -1.01. The van der Waals surface area contributed by atoms with E-state index in [1.54, 1.807) is 0 Å². The second-order valence-electron chi connectivity index (χ2n) is 10.5. The number of amides is 3. The predicted molar refractivity (Wildman–Crippen MR) is 115 cm³/mol. The van der Waals surface area contributed by atoms with Gasteiger partial charge in [0, 0.05) is 31.6 Å². The van der Waals surface area contributed by atoms with Gasteiger partial charge in [-0.15, -0.1) is 12.4 Å². The summed E-state index contributed by atoms with van der Waals surface area (Å²) in [5, 5.41) is 9.79. The summed E-state index contributed by atoms with van der Waals surface area (Å²) in [6, 6.07) is -0.0637. The van der Waals surface area contributed by atoms with Crippen LogP contribution in [0.4, 0.5) is 4.79 Å². The molecule has 2 saturated heterocycles. The number of hydrogen-bond donors (Lipinski definition) is 3. The van der Waals surface area contributed by atoms with Crippen LogP contribution in [-0.2, 0) is 4.79 Å². The lowest BCUT2D eigenvalue weighted by Gasteiger charge is -2.56. The SMILES string of the molecule is Cl.O=C(NCCC(=O)N1CC[C@@H]2CNC[C@@H]2CC1)NC12CC3CC(CC(C3)C1)C2. The van der Waals surface area contributed by atoms with Gasteiger partial charge < -0.3 is 20.9 Å². The van der Waals surface area contributed by atoms with E-state index >= 15 is 0 Å². The minimum Gasteiger partial charge on any atom is -0.343 e. The van der Waals surface area contributed by atoms with E-state index in [1.165, 1.54) is 19.3 Å². The van der Waals surface area contributed by atoms with Crippen molar-refractivity contribution in [2.24, 2.45) is 29.6 Å². The molecule has 6 fully saturated rings. The van der Waals surface area contributed by atoms with Crippen molar-refractivity contribution in [3.8, 4) is 0 Å². The minimum absolute atomic E-state index is 0. The molecular weight excluding hydrogens is 388 g/mol. The maximum Gasteiger partial charge on any atom is 0.315 e. The molecule has 164 valence electrons. The molecule has 4 aliphatic carbocycles. The average molecular weight is 425 g/mol. The number of fused-ring (bicyclic) bond motifs is 1. The molecule has 29 heavy (non-hydrogen) atoms. The Morgan fingerprint density at radius 3 is 2.03 bits per heavy atom. The largest absolute Gasteiger partial charge is 0.343 e. The summed E-state index contributed by atoms with van der Waals surface area (Å²) in [5.74, 6) is 4.15. The van der Waals surface area contributed by atoms with Crippen LogP contribution in [0.15, 0.2) is 0 Å². The maximum absolute atomic E-state index is 12.6. The molecule has 7 heteroatoms. The molecule has 3 amide bonds. The van der Waals surface area contributed by atoms with Crippen LogP contribution in [0.25, 0.3) is 0 Å². The van der Waals surface area contributed by atoms with Crippen molar-refractivity contribution in [1.82, 2.24) is 20.9 Å². The molecule has 6 aliphatic rings. The predicted octanol–water partition coefficient (Wildman–Crippen LogP) is 2.52. The second-order valence-corrected chi connectivity index (χ2v) is 10.5. The van der Waals surface area contributed by atoms with E-state index in [4.69, 9.17) is 0 Å². The van der Waals surface area contributed by atoms with Gasteiger partial charge in [0.15, 0.2) is 0 Å². The fourth-order valence-electron chi connectivity index (χ4n) is 7.46. The van der Waals surface area contributed by atoms with Gasteiger partial charge in [0.1, 0.15) is 0 Å². The Labute approximate surface area is 180 Å². The Morgan fingerprint density at radius 1 is 0.931 bits per heavy atom. The molecule has 0 unspecified atom stereocenters. The molecule has 2 heterocycles. The van der Waals surface area contributed by atoms with Crippen LogP contribution in [0.3, 0.4) is 0 Å². The molecule has 6 rings (SSSR count). The van der Waals surface area contributed by atoms with E-state index in [2.05, 4.69) is 16.0 Å². The lowest BCUT2D eigenvalue weighted by Crippen LogP contribution is -2.61. The van der Waals surface area contributed by atoms with Crippen molar-refractivity contribution in [3.05, 3.63) is 0 Å². The monoisotopic (exact) mass is 424 g/mol. The van der Waals surface area contributed by atoms with E-state index in [-0.39, 0.29) is 29.9 Å². The molecule has 0 aromatic rings. The Kier molecular flexibility index (Phi) is 6.31. The van der Waals surface area contributed by atoms with Crippen molar-refractivity contribution in [1.29, 1.82) is 0 Å². The van der Waals surface area contributed by atoms with Gasteiger partial charge in [-0.05, 0) is 94.0 Å². The second kappa shape index (κ2) is 8.62. The van der Waals surface area contributed by atoms with Gasteiger partial charge in [-0.25, -0.2) is 4.79 Å². The molecule has 4 bridgehead atoms. The normalized spacial score (nSPS) is 40.0. The first-order valence-corrected chi connectivity index (χ1v) is 11.6. The Balaban J connectivity index is 0.00000205. The van der Waals surface area contributed by atoms with Crippen molar-refractivity contribution in [3.63, 3.8) is 0 Å². The highest BCUT2D eigenvalue weighted by Gasteiger charge is 2.51. The van der Waals surface area contributed by atoms with Crippen molar-refractivity contribution < 1.29 is 9.59 Å². The third kappa shape index (κ3) is 4.53. The number of urea groups is 1. The van der Waals surface area contributed by atoms with Gasteiger partial charge in [0.2, 0.25) is 5.91 Å². The van der Waals surface area contributed by atoms with Crippen LogP contribution in [0, 0.1) is 29.6 Å². The molecule has 6 nitrogen and oxygen atoms in total. The summed E-state index contributed by atoms with van der Waals surface area (Å²) in [5.41, 5.74) is 0.0411. The van der Waals surface area contributed by atoms with Crippen molar-refractivity contribution >= 4 is 24.3 Å². The number of hydrogen-bond acceptors (Lipinski definition) is 3. The average Bonchev–Trinajstić information content (AvgIpc) is 2.98. The lowest BCUT2D eigenvalue weighted by atomic mass is 9.53. The highest BCUT2D eigenvalue weighted by molar-refractivity contribution is 5.85. The number of carbonyl (C=O) groups is 2. The molecule has 0 spiro atoms. The molecule has 4 saturated carbocycles. The topological polar surface area (TPSA) is 73.5 Å². The summed E-state index contributed by atoms with van der Waals surface area (Å²) in [6.45, 7) is 4.42. The summed E-state index contributed by atoms with van der Waals surface area (Å²) < 4.78 is 0. The van der Waals surface area contributed by atoms with E-state index in [9.17, 15) is 9.59 Å². The number of carbonyl (C=O) groups excluding carboxylic acids is 2.